The van der Waals surface area contributed by atoms with Crippen LogP contribution in [0.4, 0.5) is 10.1 Å². The molecule has 3 rings (SSSR count). The van der Waals surface area contributed by atoms with E-state index in [-0.39, 0.29) is 29.5 Å². The van der Waals surface area contributed by atoms with E-state index in [0.717, 1.165) is 11.3 Å². The van der Waals surface area contributed by atoms with Crippen LogP contribution < -0.4 is 10.6 Å². The molecule has 0 spiro atoms. The van der Waals surface area contributed by atoms with Crippen molar-refractivity contribution in [2.24, 2.45) is 11.8 Å². The zero-order chi connectivity index (χ0) is 17.8. The van der Waals surface area contributed by atoms with E-state index in [1.165, 1.54) is 6.07 Å². The van der Waals surface area contributed by atoms with Gasteiger partial charge in [-0.2, -0.15) is 0 Å². The van der Waals surface area contributed by atoms with Gasteiger partial charge in [0.1, 0.15) is 5.82 Å². The summed E-state index contributed by atoms with van der Waals surface area (Å²) >= 11 is 0. The molecule has 25 heavy (non-hydrogen) atoms. The molecule has 1 fully saturated rings. The smallest absolute Gasteiger partial charge is 0.228 e. The monoisotopic (exact) mass is 340 g/mol. The fraction of sp³-hybridized carbons (Fsp3) is 0.300. The van der Waals surface area contributed by atoms with Crippen LogP contribution >= 0.6 is 0 Å². The topological polar surface area (TPSA) is 58.2 Å². The van der Waals surface area contributed by atoms with Crippen molar-refractivity contribution in [3.8, 4) is 0 Å². The quantitative estimate of drug-likeness (QED) is 0.849. The molecule has 5 heteroatoms. The van der Waals surface area contributed by atoms with Crippen LogP contribution in [0.3, 0.4) is 0 Å². The van der Waals surface area contributed by atoms with Gasteiger partial charge in [0, 0.05) is 12.2 Å². The van der Waals surface area contributed by atoms with Gasteiger partial charge in [-0.3, -0.25) is 9.59 Å². The fourth-order valence-electron chi connectivity index (χ4n) is 2.80. The van der Waals surface area contributed by atoms with E-state index in [9.17, 15) is 14.0 Å². The normalized spacial score (nSPS) is 18.5. The molecule has 0 saturated heterocycles. The van der Waals surface area contributed by atoms with E-state index in [2.05, 4.69) is 10.6 Å². The summed E-state index contributed by atoms with van der Waals surface area (Å²) in [7, 11) is 0. The molecule has 0 aromatic heterocycles. The summed E-state index contributed by atoms with van der Waals surface area (Å²) in [6.45, 7) is 2.34. The summed E-state index contributed by atoms with van der Waals surface area (Å²) in [5.74, 6) is -1.10. The maximum absolute atomic E-state index is 13.5. The van der Waals surface area contributed by atoms with Crippen LogP contribution in [0.2, 0.25) is 0 Å². The minimum Gasteiger partial charge on any atom is -0.356 e. The lowest BCUT2D eigenvalue weighted by atomic mass is 10.1. The first-order chi connectivity index (χ1) is 12.0. The lowest BCUT2D eigenvalue weighted by Gasteiger charge is -2.07. The number of halogens is 1. The van der Waals surface area contributed by atoms with E-state index < -0.39 is 0 Å². The molecule has 0 heterocycles. The zero-order valence-electron chi connectivity index (χ0n) is 14.1. The average Bonchev–Trinajstić information content (AvgIpc) is 3.39. The third-order valence-electron chi connectivity index (χ3n) is 4.43. The summed E-state index contributed by atoms with van der Waals surface area (Å²) in [6, 6.07) is 14.1. The van der Waals surface area contributed by atoms with Gasteiger partial charge in [-0.15, -0.1) is 0 Å². The SMILES string of the molecule is Cc1ccc(NC(=O)C2CC2C(=O)NCCc2ccccc2F)cc1. The highest BCUT2D eigenvalue weighted by Gasteiger charge is 2.47. The number of amides is 2. The van der Waals surface area contributed by atoms with Crippen molar-refractivity contribution in [2.45, 2.75) is 19.8 Å². The maximum Gasteiger partial charge on any atom is 0.228 e. The standard InChI is InChI=1S/C20H21FN2O2/c1-13-6-8-15(9-7-13)23-20(25)17-12-16(17)19(24)22-11-10-14-4-2-3-5-18(14)21/h2-9,16-17H,10-12H2,1H3,(H,22,24)(H,23,25). The van der Waals surface area contributed by atoms with E-state index in [0.29, 0.717) is 24.9 Å². The molecule has 2 amide bonds. The number of anilines is 1. The molecular formula is C20H21FN2O2. The molecule has 0 bridgehead atoms. The van der Waals surface area contributed by atoms with Gasteiger partial charge in [-0.25, -0.2) is 4.39 Å². The first kappa shape index (κ1) is 17.1. The highest BCUT2D eigenvalue weighted by atomic mass is 19.1. The molecule has 2 N–H and O–H groups in total. The third kappa shape index (κ3) is 4.44. The molecule has 1 aliphatic rings. The van der Waals surface area contributed by atoms with Gasteiger partial charge in [0.25, 0.3) is 0 Å². The Morgan fingerprint density at radius 2 is 1.72 bits per heavy atom. The van der Waals surface area contributed by atoms with Crippen molar-refractivity contribution in [1.29, 1.82) is 0 Å². The molecule has 1 aliphatic carbocycles. The largest absolute Gasteiger partial charge is 0.356 e. The Bertz CT molecular complexity index is 774. The van der Waals surface area contributed by atoms with E-state index in [1.54, 1.807) is 18.2 Å². The molecule has 0 radical (unpaired) electrons. The van der Waals surface area contributed by atoms with Crippen molar-refractivity contribution in [1.82, 2.24) is 5.32 Å². The summed E-state index contributed by atoms with van der Waals surface area (Å²) in [6.07, 6.45) is 0.995. The van der Waals surface area contributed by atoms with E-state index in [4.69, 9.17) is 0 Å². The number of aryl methyl sites for hydroxylation is 1. The second-order valence-electron chi connectivity index (χ2n) is 6.44. The number of hydrogen-bond acceptors (Lipinski definition) is 2. The highest BCUT2D eigenvalue weighted by Crippen LogP contribution is 2.39. The molecule has 1 saturated carbocycles. The molecule has 2 aromatic carbocycles. The van der Waals surface area contributed by atoms with Gasteiger partial charge < -0.3 is 10.6 Å². The molecule has 2 aromatic rings. The highest BCUT2D eigenvalue weighted by molar-refractivity contribution is 5.99. The molecule has 0 aliphatic heterocycles. The van der Waals surface area contributed by atoms with Crippen LogP contribution in [-0.2, 0) is 16.0 Å². The van der Waals surface area contributed by atoms with Crippen molar-refractivity contribution in [3.05, 3.63) is 65.5 Å². The molecular weight excluding hydrogens is 319 g/mol. The number of hydrogen-bond donors (Lipinski definition) is 2. The molecule has 2 atom stereocenters. The average molecular weight is 340 g/mol. The van der Waals surface area contributed by atoms with Crippen LogP contribution in [0.25, 0.3) is 0 Å². The minimum absolute atomic E-state index is 0.127. The van der Waals surface area contributed by atoms with Gasteiger partial charge in [0.2, 0.25) is 11.8 Å². The summed E-state index contributed by atoms with van der Waals surface area (Å²) in [4.78, 5) is 24.3. The third-order valence-corrected chi connectivity index (χ3v) is 4.43. The predicted molar refractivity (Wildman–Crippen MR) is 94.5 cm³/mol. The number of rotatable bonds is 6. The first-order valence-corrected chi connectivity index (χ1v) is 8.43. The molecule has 2 unspecified atom stereocenters. The predicted octanol–water partition coefficient (Wildman–Crippen LogP) is 3.07. The lowest BCUT2D eigenvalue weighted by molar-refractivity contribution is -0.125. The second kappa shape index (κ2) is 7.47. The summed E-state index contributed by atoms with van der Waals surface area (Å²) in [5, 5.41) is 5.63. The first-order valence-electron chi connectivity index (χ1n) is 8.43. The van der Waals surface area contributed by atoms with Crippen molar-refractivity contribution < 1.29 is 14.0 Å². The summed E-state index contributed by atoms with van der Waals surface area (Å²) in [5.41, 5.74) is 2.44. The second-order valence-corrected chi connectivity index (χ2v) is 6.44. The molecule has 4 nitrogen and oxygen atoms in total. The Kier molecular flexibility index (Phi) is 5.12. The van der Waals surface area contributed by atoms with Crippen molar-refractivity contribution >= 4 is 17.5 Å². The number of benzene rings is 2. The van der Waals surface area contributed by atoms with Crippen molar-refractivity contribution in [2.75, 3.05) is 11.9 Å². The van der Waals surface area contributed by atoms with Crippen molar-refractivity contribution in [3.63, 3.8) is 0 Å². The Hall–Kier alpha value is -2.69. The van der Waals surface area contributed by atoms with Crippen LogP contribution in [0.1, 0.15) is 17.5 Å². The van der Waals surface area contributed by atoms with E-state index in [1.807, 2.05) is 31.2 Å². The maximum atomic E-state index is 13.5. The van der Waals surface area contributed by atoms with Gasteiger partial charge >= 0.3 is 0 Å². The Morgan fingerprint density at radius 3 is 2.44 bits per heavy atom. The Morgan fingerprint density at radius 1 is 1.04 bits per heavy atom. The molecule has 130 valence electrons. The van der Waals surface area contributed by atoms with Gasteiger partial charge in [-0.1, -0.05) is 35.9 Å². The van der Waals surface area contributed by atoms with Crippen LogP contribution in [0.5, 0.6) is 0 Å². The van der Waals surface area contributed by atoms with Crippen LogP contribution in [0, 0.1) is 24.6 Å². The Balaban J connectivity index is 1.43. The van der Waals surface area contributed by atoms with Crippen LogP contribution in [0.15, 0.2) is 48.5 Å². The van der Waals surface area contributed by atoms with Crippen LogP contribution in [-0.4, -0.2) is 18.4 Å². The zero-order valence-corrected chi connectivity index (χ0v) is 14.1. The number of nitrogens with one attached hydrogen (secondary N) is 2. The summed E-state index contributed by atoms with van der Waals surface area (Å²) < 4.78 is 13.5. The fourth-order valence-corrected chi connectivity index (χ4v) is 2.80. The number of carbonyl (C=O) groups is 2. The van der Waals surface area contributed by atoms with Gasteiger partial charge in [0.15, 0.2) is 0 Å². The van der Waals surface area contributed by atoms with Gasteiger partial charge in [0.05, 0.1) is 11.8 Å². The number of carbonyl (C=O) groups excluding carboxylic acids is 2. The van der Waals surface area contributed by atoms with E-state index >= 15 is 0 Å². The Labute approximate surface area is 146 Å². The minimum atomic E-state index is -0.286. The lowest BCUT2D eigenvalue weighted by Crippen LogP contribution is -2.29. The van der Waals surface area contributed by atoms with Gasteiger partial charge in [-0.05, 0) is 43.5 Å².